The largest absolute Gasteiger partial charge is 0.355 e. The molecule has 2 heterocycles. The van der Waals surface area contributed by atoms with Gasteiger partial charge in [-0.3, -0.25) is 9.78 Å². The molecule has 0 bridgehead atoms. The van der Waals surface area contributed by atoms with E-state index < -0.39 is 10.0 Å². The number of nitrogens with zero attached hydrogens (tertiary/aromatic N) is 2. The van der Waals surface area contributed by atoms with E-state index in [9.17, 15) is 13.2 Å². The van der Waals surface area contributed by atoms with Crippen molar-refractivity contribution >= 4 is 26.8 Å². The minimum Gasteiger partial charge on any atom is -0.355 e. The highest BCUT2D eigenvalue weighted by Crippen LogP contribution is 2.24. The third-order valence-corrected chi connectivity index (χ3v) is 6.44. The van der Waals surface area contributed by atoms with Crippen LogP contribution in [0.3, 0.4) is 0 Å². The Bertz CT molecular complexity index is 880. The molecule has 0 spiro atoms. The number of hydrogen-bond acceptors (Lipinski definition) is 5. The maximum absolute atomic E-state index is 12.9. The van der Waals surface area contributed by atoms with Gasteiger partial charge >= 0.3 is 0 Å². The van der Waals surface area contributed by atoms with Crippen LogP contribution in [-0.4, -0.2) is 49.8 Å². The topological polar surface area (TPSA) is 105 Å². The molecule has 2 aromatic rings. The lowest BCUT2D eigenvalue weighted by Gasteiger charge is -2.31. The van der Waals surface area contributed by atoms with Gasteiger partial charge in [-0.15, -0.1) is 0 Å². The Morgan fingerprint density at radius 1 is 1.31 bits per heavy atom. The van der Waals surface area contributed by atoms with Crippen LogP contribution in [0.4, 0.5) is 0 Å². The number of fused-ring (bicyclic) bond motifs is 1. The van der Waals surface area contributed by atoms with Gasteiger partial charge in [0.25, 0.3) is 0 Å². The van der Waals surface area contributed by atoms with Crippen LogP contribution in [0.2, 0.25) is 0 Å². The SMILES string of the molecule is NCCNC(=O)C1CCCN(S(=O)(=O)Cc2cccc3cccnc23)C1. The van der Waals surface area contributed by atoms with Crippen LogP contribution in [0.25, 0.3) is 10.9 Å². The van der Waals surface area contributed by atoms with Crippen LogP contribution in [0, 0.1) is 5.92 Å². The van der Waals surface area contributed by atoms with Gasteiger partial charge in [0.15, 0.2) is 0 Å². The van der Waals surface area contributed by atoms with Crippen molar-refractivity contribution in [3.8, 4) is 0 Å². The van der Waals surface area contributed by atoms with Crippen molar-refractivity contribution in [3.05, 3.63) is 42.1 Å². The van der Waals surface area contributed by atoms with Gasteiger partial charge in [0.2, 0.25) is 15.9 Å². The van der Waals surface area contributed by atoms with E-state index in [0.717, 1.165) is 5.39 Å². The van der Waals surface area contributed by atoms with Crippen molar-refractivity contribution in [1.82, 2.24) is 14.6 Å². The lowest BCUT2D eigenvalue weighted by atomic mass is 9.99. The predicted octanol–water partition coefficient (Wildman–Crippen LogP) is 0.852. The summed E-state index contributed by atoms with van der Waals surface area (Å²) in [7, 11) is -3.53. The van der Waals surface area contributed by atoms with Crippen molar-refractivity contribution in [2.24, 2.45) is 11.7 Å². The van der Waals surface area contributed by atoms with Crippen molar-refractivity contribution in [2.75, 3.05) is 26.2 Å². The summed E-state index contributed by atoms with van der Waals surface area (Å²) in [5.41, 5.74) is 6.79. The van der Waals surface area contributed by atoms with E-state index in [2.05, 4.69) is 10.3 Å². The maximum Gasteiger partial charge on any atom is 0.224 e. The third-order valence-electron chi connectivity index (χ3n) is 4.65. The van der Waals surface area contributed by atoms with E-state index >= 15 is 0 Å². The fourth-order valence-corrected chi connectivity index (χ4v) is 4.94. The fraction of sp³-hybridized carbons (Fsp3) is 0.444. The van der Waals surface area contributed by atoms with Gasteiger partial charge in [0, 0.05) is 37.8 Å². The Kier molecular flexibility index (Phi) is 5.85. The van der Waals surface area contributed by atoms with Crippen LogP contribution in [0.5, 0.6) is 0 Å². The van der Waals surface area contributed by atoms with E-state index in [1.807, 2.05) is 24.3 Å². The van der Waals surface area contributed by atoms with Gasteiger partial charge in [-0.2, -0.15) is 0 Å². The zero-order chi connectivity index (χ0) is 18.6. The smallest absolute Gasteiger partial charge is 0.224 e. The van der Waals surface area contributed by atoms with E-state index in [0.29, 0.717) is 43.6 Å². The minimum atomic E-state index is -3.53. The molecule has 3 rings (SSSR count). The van der Waals surface area contributed by atoms with Crippen LogP contribution in [0.15, 0.2) is 36.5 Å². The second-order valence-electron chi connectivity index (χ2n) is 6.53. The average molecular weight is 376 g/mol. The number of amides is 1. The molecule has 1 fully saturated rings. The normalized spacial score (nSPS) is 18.7. The molecule has 1 atom stereocenters. The van der Waals surface area contributed by atoms with Crippen molar-refractivity contribution in [2.45, 2.75) is 18.6 Å². The van der Waals surface area contributed by atoms with Crippen LogP contribution < -0.4 is 11.1 Å². The van der Waals surface area contributed by atoms with Crippen LogP contribution >= 0.6 is 0 Å². The fourth-order valence-electron chi connectivity index (χ4n) is 3.32. The molecule has 1 aliphatic rings. The molecule has 26 heavy (non-hydrogen) atoms. The summed E-state index contributed by atoms with van der Waals surface area (Å²) in [6.07, 6.45) is 3.03. The highest BCUT2D eigenvalue weighted by Gasteiger charge is 2.32. The number of benzene rings is 1. The van der Waals surface area contributed by atoms with Gasteiger partial charge in [-0.05, 0) is 24.5 Å². The zero-order valence-electron chi connectivity index (χ0n) is 14.6. The number of carbonyl (C=O) groups is 1. The average Bonchev–Trinajstić information content (AvgIpc) is 2.66. The van der Waals surface area contributed by atoms with E-state index in [-0.39, 0.29) is 24.1 Å². The molecule has 1 unspecified atom stereocenters. The summed E-state index contributed by atoms with van der Waals surface area (Å²) in [4.78, 5) is 16.5. The molecule has 8 heteroatoms. The van der Waals surface area contributed by atoms with Crippen molar-refractivity contribution < 1.29 is 13.2 Å². The first kappa shape index (κ1) is 18.8. The zero-order valence-corrected chi connectivity index (χ0v) is 15.4. The Balaban J connectivity index is 1.76. The van der Waals surface area contributed by atoms with Crippen LogP contribution in [0.1, 0.15) is 18.4 Å². The second-order valence-corrected chi connectivity index (χ2v) is 8.49. The highest BCUT2D eigenvalue weighted by atomic mass is 32.2. The lowest BCUT2D eigenvalue weighted by Crippen LogP contribution is -2.46. The molecule has 1 aliphatic heterocycles. The maximum atomic E-state index is 12.9. The number of nitrogens with two attached hydrogens (primary N) is 1. The molecule has 3 N–H and O–H groups in total. The molecule has 0 aliphatic carbocycles. The van der Waals surface area contributed by atoms with Crippen LogP contribution in [-0.2, 0) is 20.6 Å². The molecule has 1 aromatic heterocycles. The van der Waals surface area contributed by atoms with Gasteiger partial charge in [-0.1, -0.05) is 24.3 Å². The number of sulfonamides is 1. The lowest BCUT2D eigenvalue weighted by molar-refractivity contribution is -0.126. The summed E-state index contributed by atoms with van der Waals surface area (Å²) in [6, 6.07) is 9.29. The number of carbonyl (C=O) groups excluding carboxylic acids is 1. The standard InChI is InChI=1S/C18H24N4O3S/c19-8-10-21-18(23)15-7-3-11-22(12-15)26(24,25)13-16-5-1-4-14-6-2-9-20-17(14)16/h1-2,4-6,9,15H,3,7-8,10-13,19H2,(H,21,23). The second kappa shape index (κ2) is 8.11. The molecule has 0 saturated carbocycles. The highest BCUT2D eigenvalue weighted by molar-refractivity contribution is 7.88. The first-order valence-electron chi connectivity index (χ1n) is 8.79. The Morgan fingerprint density at radius 2 is 2.12 bits per heavy atom. The molecular formula is C18H24N4O3S. The molecular weight excluding hydrogens is 352 g/mol. The summed E-state index contributed by atoms with van der Waals surface area (Å²) < 4.78 is 27.3. The number of aromatic nitrogens is 1. The quantitative estimate of drug-likeness (QED) is 0.778. The number of piperidine rings is 1. The molecule has 0 radical (unpaired) electrons. The first-order valence-corrected chi connectivity index (χ1v) is 10.4. The molecule has 7 nitrogen and oxygen atoms in total. The summed E-state index contributed by atoms with van der Waals surface area (Å²) in [5, 5.41) is 3.67. The Morgan fingerprint density at radius 3 is 2.92 bits per heavy atom. The Hall–Kier alpha value is -2.03. The molecule has 1 amide bonds. The molecule has 1 aromatic carbocycles. The summed E-state index contributed by atoms with van der Waals surface area (Å²) >= 11 is 0. The number of para-hydroxylation sites is 1. The number of rotatable bonds is 6. The minimum absolute atomic E-state index is 0.113. The summed E-state index contributed by atoms with van der Waals surface area (Å²) in [6.45, 7) is 1.44. The van der Waals surface area contributed by atoms with Gasteiger partial charge in [-0.25, -0.2) is 12.7 Å². The predicted molar refractivity (Wildman–Crippen MR) is 101 cm³/mol. The van der Waals surface area contributed by atoms with Gasteiger partial charge in [0.05, 0.1) is 17.2 Å². The number of pyridine rings is 1. The number of hydrogen-bond donors (Lipinski definition) is 2. The van der Waals surface area contributed by atoms with Crippen molar-refractivity contribution in [1.29, 1.82) is 0 Å². The van der Waals surface area contributed by atoms with Gasteiger partial charge in [0.1, 0.15) is 0 Å². The van der Waals surface area contributed by atoms with Gasteiger partial charge < -0.3 is 11.1 Å². The molecule has 1 saturated heterocycles. The van der Waals surface area contributed by atoms with E-state index in [4.69, 9.17) is 5.73 Å². The third kappa shape index (κ3) is 4.20. The monoisotopic (exact) mass is 376 g/mol. The summed E-state index contributed by atoms with van der Waals surface area (Å²) in [5.74, 6) is -0.559. The number of nitrogens with one attached hydrogen (secondary N) is 1. The Labute approximate surface area is 153 Å². The van der Waals surface area contributed by atoms with E-state index in [1.165, 1.54) is 4.31 Å². The van der Waals surface area contributed by atoms with E-state index in [1.54, 1.807) is 12.3 Å². The van der Waals surface area contributed by atoms with Crippen molar-refractivity contribution in [3.63, 3.8) is 0 Å². The first-order chi connectivity index (χ1) is 12.5. The molecule has 140 valence electrons.